The minimum atomic E-state index is 0.819. The van der Waals surface area contributed by atoms with Crippen molar-refractivity contribution in [3.05, 3.63) is 47.7 Å². The summed E-state index contributed by atoms with van der Waals surface area (Å²) in [5, 5.41) is 1.14. The van der Waals surface area contributed by atoms with Crippen LogP contribution in [0.15, 0.2) is 36.4 Å². The first-order valence-electron chi connectivity index (χ1n) is 9.42. The number of methoxy groups -OCH3 is 1. The number of hydrogen-bond donors (Lipinski definition) is 0. The van der Waals surface area contributed by atoms with Crippen LogP contribution in [0.25, 0.3) is 22.3 Å². The number of anilines is 1. The van der Waals surface area contributed by atoms with E-state index < -0.39 is 0 Å². The fourth-order valence-corrected chi connectivity index (χ4v) is 3.66. The van der Waals surface area contributed by atoms with Crippen molar-refractivity contribution in [2.24, 2.45) is 0 Å². The van der Waals surface area contributed by atoms with Crippen molar-refractivity contribution in [3.63, 3.8) is 0 Å². The third kappa shape index (κ3) is 3.47. The molecule has 0 atom stereocenters. The summed E-state index contributed by atoms with van der Waals surface area (Å²) in [6.45, 7) is 8.35. The Hall–Kier alpha value is -2.66. The van der Waals surface area contributed by atoms with Crippen LogP contribution in [0.5, 0.6) is 5.75 Å². The van der Waals surface area contributed by atoms with Gasteiger partial charge >= 0.3 is 0 Å². The van der Waals surface area contributed by atoms with Crippen LogP contribution in [-0.2, 0) is 0 Å². The smallest absolute Gasteiger partial charge is 0.147 e. The van der Waals surface area contributed by atoms with Crippen LogP contribution in [0.3, 0.4) is 0 Å². The van der Waals surface area contributed by atoms with Crippen LogP contribution in [0, 0.1) is 13.8 Å². The average Bonchev–Trinajstić information content (AvgIpc) is 2.68. The Morgan fingerprint density at radius 3 is 2.41 bits per heavy atom. The Morgan fingerprint density at radius 1 is 0.926 bits per heavy atom. The minimum Gasteiger partial charge on any atom is -0.494 e. The number of aromatic nitrogens is 2. The molecule has 4 rings (SSSR count). The highest BCUT2D eigenvalue weighted by atomic mass is 16.5. The normalized spacial score (nSPS) is 15.3. The van der Waals surface area contributed by atoms with E-state index in [2.05, 4.69) is 47.0 Å². The summed E-state index contributed by atoms with van der Waals surface area (Å²) >= 11 is 0. The number of nitrogens with zero attached hydrogens (tertiary/aromatic N) is 4. The van der Waals surface area contributed by atoms with E-state index in [0.29, 0.717) is 0 Å². The molecule has 5 nitrogen and oxygen atoms in total. The van der Waals surface area contributed by atoms with Gasteiger partial charge in [-0.1, -0.05) is 6.07 Å². The summed E-state index contributed by atoms with van der Waals surface area (Å²) in [7, 11) is 3.89. The van der Waals surface area contributed by atoms with Gasteiger partial charge in [0.2, 0.25) is 0 Å². The predicted octanol–water partition coefficient (Wildman–Crippen LogP) is 3.67. The van der Waals surface area contributed by atoms with Gasteiger partial charge in [-0.15, -0.1) is 0 Å². The fraction of sp³-hybridized carbons (Fsp3) is 0.364. The third-order valence-corrected chi connectivity index (χ3v) is 5.31. The number of rotatable bonds is 3. The molecule has 1 fully saturated rings. The zero-order valence-electron chi connectivity index (χ0n) is 16.5. The average molecular weight is 362 g/mol. The number of piperazine rings is 1. The van der Waals surface area contributed by atoms with E-state index in [9.17, 15) is 0 Å². The Balaban J connectivity index is 1.82. The highest BCUT2D eigenvalue weighted by Gasteiger charge is 2.18. The molecule has 0 amide bonds. The molecule has 1 aromatic carbocycles. The molecule has 0 N–H and O–H groups in total. The highest BCUT2D eigenvalue weighted by Crippen LogP contribution is 2.34. The van der Waals surface area contributed by atoms with E-state index >= 15 is 0 Å². The molecule has 0 radical (unpaired) electrons. The Morgan fingerprint density at radius 2 is 1.70 bits per heavy atom. The van der Waals surface area contributed by atoms with Crippen molar-refractivity contribution in [1.82, 2.24) is 14.9 Å². The molecule has 1 aliphatic rings. The number of ether oxygens (including phenoxy) is 1. The van der Waals surface area contributed by atoms with Crippen LogP contribution in [0.2, 0.25) is 0 Å². The van der Waals surface area contributed by atoms with Gasteiger partial charge in [0.25, 0.3) is 0 Å². The number of likely N-dealkylation sites (N-methyl/N-ethyl adjacent to an activating group) is 1. The zero-order valence-corrected chi connectivity index (χ0v) is 16.5. The number of pyridine rings is 2. The van der Waals surface area contributed by atoms with Crippen molar-refractivity contribution >= 4 is 16.6 Å². The maximum Gasteiger partial charge on any atom is 0.147 e. The molecule has 27 heavy (non-hydrogen) atoms. The van der Waals surface area contributed by atoms with Crippen molar-refractivity contribution in [1.29, 1.82) is 0 Å². The molecule has 3 heterocycles. The Kier molecular flexibility index (Phi) is 4.70. The van der Waals surface area contributed by atoms with Gasteiger partial charge < -0.3 is 14.5 Å². The van der Waals surface area contributed by atoms with Crippen molar-refractivity contribution < 1.29 is 4.74 Å². The second-order valence-corrected chi connectivity index (χ2v) is 7.32. The molecule has 5 heteroatoms. The standard InChI is InChI=1S/C22H26N4O/c1-15-12-20(19-7-5-6-16(2)23-19)24-22-18(15)13-17(14-21(22)27-4)26-10-8-25(3)9-11-26/h5-7,12-14H,8-11H2,1-4H3. The second kappa shape index (κ2) is 7.16. The maximum atomic E-state index is 5.73. The summed E-state index contributed by atoms with van der Waals surface area (Å²) in [6.07, 6.45) is 0. The Labute approximate surface area is 160 Å². The quantitative estimate of drug-likeness (QED) is 0.711. The number of aryl methyl sites for hydroxylation is 2. The van der Waals surface area contributed by atoms with Gasteiger partial charge in [0, 0.05) is 49.0 Å². The number of hydrogen-bond acceptors (Lipinski definition) is 5. The summed E-state index contributed by atoms with van der Waals surface area (Å²) in [5.41, 5.74) is 6.06. The van der Waals surface area contributed by atoms with E-state index in [-0.39, 0.29) is 0 Å². The lowest BCUT2D eigenvalue weighted by atomic mass is 10.0. The summed E-state index contributed by atoms with van der Waals surface area (Å²) in [4.78, 5) is 14.3. The summed E-state index contributed by atoms with van der Waals surface area (Å²) in [6, 6.07) is 12.5. The van der Waals surface area contributed by atoms with Crippen LogP contribution >= 0.6 is 0 Å². The van der Waals surface area contributed by atoms with Crippen LogP contribution in [0.4, 0.5) is 5.69 Å². The summed E-state index contributed by atoms with van der Waals surface area (Å²) < 4.78 is 5.73. The van der Waals surface area contributed by atoms with Crippen LogP contribution < -0.4 is 9.64 Å². The van der Waals surface area contributed by atoms with E-state index in [1.807, 2.05) is 25.1 Å². The van der Waals surface area contributed by atoms with E-state index in [0.717, 1.165) is 59.9 Å². The molecular formula is C22H26N4O. The van der Waals surface area contributed by atoms with Gasteiger partial charge in [0.05, 0.1) is 18.5 Å². The molecule has 1 aliphatic heterocycles. The first-order valence-corrected chi connectivity index (χ1v) is 9.42. The Bertz CT molecular complexity index is 977. The molecule has 0 aliphatic carbocycles. The minimum absolute atomic E-state index is 0.819. The fourth-order valence-electron chi connectivity index (χ4n) is 3.66. The predicted molar refractivity (Wildman–Crippen MR) is 111 cm³/mol. The van der Waals surface area contributed by atoms with Gasteiger partial charge in [-0.3, -0.25) is 4.98 Å². The lowest BCUT2D eigenvalue weighted by Gasteiger charge is -2.34. The third-order valence-electron chi connectivity index (χ3n) is 5.31. The zero-order chi connectivity index (χ0) is 19.0. The highest BCUT2D eigenvalue weighted by molar-refractivity contribution is 5.92. The molecule has 0 saturated carbocycles. The molecule has 140 valence electrons. The molecule has 2 aromatic heterocycles. The summed E-state index contributed by atoms with van der Waals surface area (Å²) in [5.74, 6) is 0.819. The number of benzene rings is 1. The second-order valence-electron chi connectivity index (χ2n) is 7.32. The van der Waals surface area contributed by atoms with Gasteiger partial charge in [-0.25, -0.2) is 4.98 Å². The van der Waals surface area contributed by atoms with Gasteiger partial charge in [-0.05, 0) is 50.7 Å². The molecule has 0 spiro atoms. The van der Waals surface area contributed by atoms with Gasteiger partial charge in [-0.2, -0.15) is 0 Å². The molecule has 0 bridgehead atoms. The van der Waals surface area contributed by atoms with Gasteiger partial charge in [0.15, 0.2) is 0 Å². The van der Waals surface area contributed by atoms with E-state index in [4.69, 9.17) is 9.72 Å². The molecule has 1 saturated heterocycles. The van der Waals surface area contributed by atoms with Crippen molar-refractivity contribution in [2.75, 3.05) is 45.2 Å². The molecular weight excluding hydrogens is 336 g/mol. The lowest BCUT2D eigenvalue weighted by molar-refractivity contribution is 0.312. The van der Waals surface area contributed by atoms with E-state index in [1.54, 1.807) is 7.11 Å². The largest absolute Gasteiger partial charge is 0.494 e. The first-order chi connectivity index (χ1) is 13.0. The van der Waals surface area contributed by atoms with Crippen LogP contribution in [-0.4, -0.2) is 55.2 Å². The van der Waals surface area contributed by atoms with Gasteiger partial charge in [0.1, 0.15) is 11.3 Å². The maximum absolute atomic E-state index is 5.73. The lowest BCUT2D eigenvalue weighted by Crippen LogP contribution is -2.44. The van der Waals surface area contributed by atoms with Crippen molar-refractivity contribution in [2.45, 2.75) is 13.8 Å². The topological polar surface area (TPSA) is 41.5 Å². The van der Waals surface area contributed by atoms with Crippen LogP contribution in [0.1, 0.15) is 11.3 Å². The van der Waals surface area contributed by atoms with Crippen molar-refractivity contribution in [3.8, 4) is 17.1 Å². The first kappa shape index (κ1) is 17.7. The number of fused-ring (bicyclic) bond motifs is 1. The van der Waals surface area contributed by atoms with E-state index in [1.165, 1.54) is 11.3 Å². The molecule has 0 unspecified atom stereocenters. The molecule has 3 aromatic rings. The SMILES string of the molecule is COc1cc(N2CCN(C)CC2)cc2c(C)cc(-c3cccc(C)n3)nc12. The monoisotopic (exact) mass is 362 g/mol.